The van der Waals surface area contributed by atoms with Gasteiger partial charge in [0.2, 0.25) is 0 Å². The van der Waals surface area contributed by atoms with Crippen LogP contribution in [0.15, 0.2) is 24.3 Å². The summed E-state index contributed by atoms with van der Waals surface area (Å²) in [5, 5.41) is 8.60. The summed E-state index contributed by atoms with van der Waals surface area (Å²) in [5.74, 6) is -0.662. The Morgan fingerprint density at radius 3 is 2.65 bits per heavy atom. The van der Waals surface area contributed by atoms with Crippen molar-refractivity contribution in [2.45, 2.75) is 38.8 Å². The number of carbonyl (C=O) groups excluding carboxylic acids is 1. The Morgan fingerprint density at radius 1 is 1.40 bits per heavy atom. The van der Waals surface area contributed by atoms with E-state index >= 15 is 0 Å². The van der Waals surface area contributed by atoms with Gasteiger partial charge in [-0.05, 0) is 44.9 Å². The normalized spacial score (nSPS) is 14.2. The lowest BCUT2D eigenvalue weighted by Crippen LogP contribution is -2.38. The average molecular weight is 277 g/mol. The highest BCUT2D eigenvalue weighted by molar-refractivity contribution is 5.95. The third-order valence-corrected chi connectivity index (χ3v) is 3.17. The van der Waals surface area contributed by atoms with Crippen LogP contribution in [0.1, 0.15) is 37.0 Å². The zero-order valence-corrected chi connectivity index (χ0v) is 11.7. The second kappa shape index (κ2) is 5.94. The number of carbonyl (C=O) groups is 2. The van der Waals surface area contributed by atoms with E-state index in [9.17, 15) is 9.59 Å². The zero-order chi connectivity index (χ0) is 14.7. The van der Waals surface area contributed by atoms with E-state index in [1.807, 2.05) is 18.7 Å². The number of carboxylic acids is 1. The Bertz CT molecular complexity index is 506. The number of benzene rings is 1. The Hall–Kier alpha value is -2.04. The first kappa shape index (κ1) is 14.4. The summed E-state index contributed by atoms with van der Waals surface area (Å²) in [5.41, 5.74) is 0.536. The van der Waals surface area contributed by atoms with E-state index in [0.29, 0.717) is 17.4 Å². The van der Waals surface area contributed by atoms with Crippen LogP contribution in [-0.2, 0) is 4.79 Å². The van der Waals surface area contributed by atoms with Crippen molar-refractivity contribution in [1.82, 2.24) is 4.90 Å². The van der Waals surface area contributed by atoms with E-state index < -0.39 is 12.6 Å². The van der Waals surface area contributed by atoms with Crippen LogP contribution in [0.4, 0.5) is 0 Å². The van der Waals surface area contributed by atoms with Gasteiger partial charge in [-0.2, -0.15) is 0 Å². The lowest BCUT2D eigenvalue weighted by molar-refractivity contribution is -0.139. The van der Waals surface area contributed by atoms with Gasteiger partial charge in [-0.25, -0.2) is 4.79 Å². The van der Waals surface area contributed by atoms with Gasteiger partial charge in [0, 0.05) is 17.6 Å². The predicted octanol–water partition coefficient (Wildman–Crippen LogP) is 2.16. The molecular weight excluding hydrogens is 258 g/mol. The quantitative estimate of drug-likeness (QED) is 0.865. The average Bonchev–Trinajstić information content (AvgIpc) is 3.21. The number of amides is 1. The van der Waals surface area contributed by atoms with Gasteiger partial charge in [0.25, 0.3) is 5.91 Å². The Labute approximate surface area is 118 Å². The maximum Gasteiger partial charge on any atom is 0.341 e. The largest absolute Gasteiger partial charge is 0.482 e. The molecular formula is C15H19NO4. The Balaban J connectivity index is 2.12. The minimum Gasteiger partial charge on any atom is -0.482 e. The highest BCUT2D eigenvalue weighted by atomic mass is 16.5. The third-order valence-electron chi connectivity index (χ3n) is 3.17. The fraction of sp³-hybridized carbons (Fsp3) is 0.467. The minimum absolute atomic E-state index is 0.0247. The molecule has 2 rings (SSSR count). The van der Waals surface area contributed by atoms with E-state index in [2.05, 4.69) is 0 Å². The van der Waals surface area contributed by atoms with Gasteiger partial charge in [-0.3, -0.25) is 4.79 Å². The summed E-state index contributed by atoms with van der Waals surface area (Å²) in [4.78, 5) is 24.9. The minimum atomic E-state index is -1.04. The highest BCUT2D eigenvalue weighted by Crippen LogP contribution is 2.30. The molecule has 0 heterocycles. The van der Waals surface area contributed by atoms with Crippen molar-refractivity contribution in [1.29, 1.82) is 0 Å². The van der Waals surface area contributed by atoms with Crippen molar-refractivity contribution in [2.75, 3.05) is 6.61 Å². The number of carboxylic acid groups (broad SMARTS) is 1. The molecule has 0 aliphatic heterocycles. The SMILES string of the molecule is CC(C)N(C(=O)c1cccc(OCC(=O)O)c1)C1CC1. The summed E-state index contributed by atoms with van der Waals surface area (Å²) in [6, 6.07) is 7.17. The second-order valence-electron chi connectivity index (χ2n) is 5.25. The van der Waals surface area contributed by atoms with Crippen molar-refractivity contribution in [3.8, 4) is 5.75 Å². The maximum atomic E-state index is 12.5. The number of rotatable bonds is 6. The van der Waals surface area contributed by atoms with Crippen LogP contribution in [-0.4, -0.2) is 40.6 Å². The lowest BCUT2D eigenvalue weighted by atomic mass is 10.1. The fourth-order valence-corrected chi connectivity index (χ4v) is 2.19. The smallest absolute Gasteiger partial charge is 0.341 e. The summed E-state index contributed by atoms with van der Waals surface area (Å²) in [7, 11) is 0. The molecule has 0 saturated heterocycles. The molecule has 0 bridgehead atoms. The van der Waals surface area contributed by atoms with Crippen LogP contribution in [0, 0.1) is 0 Å². The third kappa shape index (κ3) is 3.50. The van der Waals surface area contributed by atoms with Gasteiger partial charge in [0.1, 0.15) is 5.75 Å². The molecule has 108 valence electrons. The van der Waals surface area contributed by atoms with Gasteiger partial charge >= 0.3 is 5.97 Å². The molecule has 0 aromatic heterocycles. The molecule has 1 aromatic rings. The molecule has 20 heavy (non-hydrogen) atoms. The Morgan fingerprint density at radius 2 is 2.10 bits per heavy atom. The predicted molar refractivity (Wildman–Crippen MR) is 73.9 cm³/mol. The van der Waals surface area contributed by atoms with Crippen LogP contribution in [0.25, 0.3) is 0 Å². The van der Waals surface area contributed by atoms with Crippen LogP contribution < -0.4 is 4.74 Å². The summed E-state index contributed by atoms with van der Waals surface area (Å²) >= 11 is 0. The van der Waals surface area contributed by atoms with E-state index in [1.165, 1.54) is 0 Å². The first-order chi connectivity index (χ1) is 9.49. The molecule has 1 saturated carbocycles. The number of nitrogens with zero attached hydrogens (tertiary/aromatic N) is 1. The first-order valence-corrected chi connectivity index (χ1v) is 6.76. The molecule has 1 N–H and O–H groups in total. The highest BCUT2D eigenvalue weighted by Gasteiger charge is 2.34. The second-order valence-corrected chi connectivity index (χ2v) is 5.25. The van der Waals surface area contributed by atoms with Crippen molar-refractivity contribution >= 4 is 11.9 Å². The summed E-state index contributed by atoms with van der Waals surface area (Å²) < 4.78 is 5.10. The number of hydrogen-bond acceptors (Lipinski definition) is 3. The van der Waals surface area contributed by atoms with Crippen molar-refractivity contribution in [3.63, 3.8) is 0 Å². The van der Waals surface area contributed by atoms with Gasteiger partial charge in [0.05, 0.1) is 0 Å². The molecule has 0 spiro atoms. The molecule has 0 radical (unpaired) electrons. The van der Waals surface area contributed by atoms with Crippen molar-refractivity contribution in [2.24, 2.45) is 0 Å². The van der Waals surface area contributed by atoms with Crippen LogP contribution in [0.3, 0.4) is 0 Å². The van der Waals surface area contributed by atoms with E-state index in [1.54, 1.807) is 24.3 Å². The fourth-order valence-electron chi connectivity index (χ4n) is 2.19. The summed E-state index contributed by atoms with van der Waals surface area (Å²) in [6.45, 7) is 3.59. The number of hydrogen-bond donors (Lipinski definition) is 1. The molecule has 5 nitrogen and oxygen atoms in total. The molecule has 1 amide bonds. The monoisotopic (exact) mass is 277 g/mol. The molecule has 0 unspecified atom stereocenters. The molecule has 1 aromatic carbocycles. The molecule has 1 fully saturated rings. The van der Waals surface area contributed by atoms with Crippen LogP contribution >= 0.6 is 0 Å². The van der Waals surface area contributed by atoms with Crippen molar-refractivity contribution in [3.05, 3.63) is 29.8 Å². The Kier molecular flexibility index (Phi) is 4.27. The van der Waals surface area contributed by atoms with Crippen LogP contribution in [0.2, 0.25) is 0 Å². The van der Waals surface area contributed by atoms with Crippen LogP contribution in [0.5, 0.6) is 5.75 Å². The van der Waals surface area contributed by atoms with E-state index in [4.69, 9.17) is 9.84 Å². The topological polar surface area (TPSA) is 66.8 Å². The zero-order valence-electron chi connectivity index (χ0n) is 11.7. The first-order valence-electron chi connectivity index (χ1n) is 6.76. The maximum absolute atomic E-state index is 12.5. The summed E-state index contributed by atoms with van der Waals surface area (Å²) in [6.07, 6.45) is 2.11. The molecule has 1 aliphatic rings. The standard InChI is InChI=1S/C15H19NO4/c1-10(2)16(12-6-7-12)15(19)11-4-3-5-13(8-11)20-9-14(17)18/h3-5,8,10,12H,6-7,9H2,1-2H3,(H,17,18). The van der Waals surface area contributed by atoms with E-state index in [0.717, 1.165) is 12.8 Å². The number of aliphatic carboxylic acids is 1. The van der Waals surface area contributed by atoms with Gasteiger partial charge in [0.15, 0.2) is 6.61 Å². The van der Waals surface area contributed by atoms with E-state index in [-0.39, 0.29) is 11.9 Å². The lowest BCUT2D eigenvalue weighted by Gasteiger charge is -2.26. The molecule has 5 heteroatoms. The van der Waals surface area contributed by atoms with Gasteiger partial charge in [-0.1, -0.05) is 6.07 Å². The van der Waals surface area contributed by atoms with Gasteiger partial charge in [-0.15, -0.1) is 0 Å². The molecule has 0 atom stereocenters. The van der Waals surface area contributed by atoms with Crippen molar-refractivity contribution < 1.29 is 19.4 Å². The molecule has 1 aliphatic carbocycles. The van der Waals surface area contributed by atoms with Gasteiger partial charge < -0.3 is 14.7 Å². The number of ether oxygens (including phenoxy) is 1.